The first-order valence-corrected chi connectivity index (χ1v) is 7.41. The van der Waals surface area contributed by atoms with Gasteiger partial charge >= 0.3 is 0 Å². The summed E-state index contributed by atoms with van der Waals surface area (Å²) in [6, 6.07) is 0.570. The van der Waals surface area contributed by atoms with E-state index in [4.69, 9.17) is 0 Å². The standard InChI is InChI=1S/C11H21N5S/c1-3-6-12-7-9(2)8-17-11-13-14-15-16(11)10-4-5-10/h9-10,12H,3-8H2,1-2H3. The Kier molecular flexibility index (Phi) is 4.79. The minimum atomic E-state index is 0.570. The van der Waals surface area contributed by atoms with Crippen LogP contribution < -0.4 is 5.32 Å². The van der Waals surface area contributed by atoms with Crippen molar-refractivity contribution in [2.24, 2.45) is 5.92 Å². The molecule has 96 valence electrons. The van der Waals surface area contributed by atoms with Crippen LogP contribution in [-0.2, 0) is 0 Å². The highest BCUT2D eigenvalue weighted by molar-refractivity contribution is 7.99. The van der Waals surface area contributed by atoms with Crippen molar-refractivity contribution in [3.05, 3.63) is 0 Å². The summed E-state index contributed by atoms with van der Waals surface area (Å²) in [4.78, 5) is 0. The Balaban J connectivity index is 1.71. The normalized spacial score (nSPS) is 17.3. The highest BCUT2D eigenvalue weighted by atomic mass is 32.2. The summed E-state index contributed by atoms with van der Waals surface area (Å²) >= 11 is 1.78. The SMILES string of the molecule is CCCNCC(C)CSc1nnnn1C1CC1. The van der Waals surface area contributed by atoms with Crippen LogP contribution in [0.1, 0.15) is 39.2 Å². The molecule has 1 atom stereocenters. The Labute approximate surface area is 107 Å². The quantitative estimate of drug-likeness (QED) is 0.566. The lowest BCUT2D eigenvalue weighted by Crippen LogP contribution is -2.23. The Hall–Kier alpha value is -0.620. The van der Waals surface area contributed by atoms with Crippen LogP contribution in [-0.4, -0.2) is 39.0 Å². The van der Waals surface area contributed by atoms with Crippen LogP contribution in [0.15, 0.2) is 5.16 Å². The lowest BCUT2D eigenvalue weighted by Gasteiger charge is -2.11. The van der Waals surface area contributed by atoms with E-state index in [9.17, 15) is 0 Å². The van der Waals surface area contributed by atoms with Crippen molar-refractivity contribution in [3.8, 4) is 0 Å². The van der Waals surface area contributed by atoms with Gasteiger partial charge in [0.1, 0.15) is 0 Å². The fourth-order valence-electron chi connectivity index (χ4n) is 1.63. The maximum absolute atomic E-state index is 4.09. The van der Waals surface area contributed by atoms with Gasteiger partial charge in [-0.25, -0.2) is 4.68 Å². The fourth-order valence-corrected chi connectivity index (χ4v) is 2.59. The van der Waals surface area contributed by atoms with Crippen LogP contribution in [0, 0.1) is 5.92 Å². The summed E-state index contributed by atoms with van der Waals surface area (Å²) in [6.45, 7) is 6.64. The molecule has 1 fully saturated rings. The number of hydrogen-bond donors (Lipinski definition) is 1. The first kappa shape index (κ1) is 12.8. The second kappa shape index (κ2) is 6.35. The molecule has 0 aliphatic heterocycles. The van der Waals surface area contributed by atoms with Gasteiger partial charge in [0.15, 0.2) is 0 Å². The molecule has 0 aromatic carbocycles. The third-order valence-corrected chi connectivity index (χ3v) is 4.03. The minimum absolute atomic E-state index is 0.570. The monoisotopic (exact) mass is 255 g/mol. The highest BCUT2D eigenvalue weighted by Gasteiger charge is 2.27. The zero-order valence-corrected chi connectivity index (χ0v) is 11.4. The number of thioether (sulfide) groups is 1. The fraction of sp³-hybridized carbons (Fsp3) is 0.909. The Morgan fingerprint density at radius 1 is 1.53 bits per heavy atom. The number of nitrogens with one attached hydrogen (secondary N) is 1. The molecule has 1 aliphatic rings. The van der Waals surface area contributed by atoms with E-state index in [1.165, 1.54) is 19.3 Å². The van der Waals surface area contributed by atoms with Crippen molar-refractivity contribution in [2.75, 3.05) is 18.8 Å². The molecular weight excluding hydrogens is 234 g/mol. The van der Waals surface area contributed by atoms with Crippen LogP contribution in [0.25, 0.3) is 0 Å². The molecule has 1 saturated carbocycles. The van der Waals surface area contributed by atoms with Gasteiger partial charge < -0.3 is 5.32 Å². The number of rotatable bonds is 8. The molecule has 0 saturated heterocycles. The topological polar surface area (TPSA) is 55.6 Å². The van der Waals surface area contributed by atoms with Crippen molar-refractivity contribution in [2.45, 2.75) is 44.3 Å². The van der Waals surface area contributed by atoms with Crippen LogP contribution in [0.4, 0.5) is 0 Å². The lowest BCUT2D eigenvalue weighted by molar-refractivity contribution is 0.550. The van der Waals surface area contributed by atoms with Crippen molar-refractivity contribution in [1.82, 2.24) is 25.5 Å². The molecule has 5 nitrogen and oxygen atoms in total. The zero-order valence-electron chi connectivity index (χ0n) is 10.6. The molecule has 0 bridgehead atoms. The molecular formula is C11H21N5S. The molecule has 1 N–H and O–H groups in total. The first-order valence-electron chi connectivity index (χ1n) is 6.42. The van der Waals surface area contributed by atoms with E-state index in [0.29, 0.717) is 12.0 Å². The second-order valence-electron chi connectivity index (χ2n) is 4.76. The maximum atomic E-state index is 4.09. The molecule has 1 unspecified atom stereocenters. The summed E-state index contributed by atoms with van der Waals surface area (Å²) in [5.41, 5.74) is 0. The summed E-state index contributed by atoms with van der Waals surface area (Å²) in [5.74, 6) is 1.72. The van der Waals surface area contributed by atoms with Gasteiger partial charge in [-0.2, -0.15) is 0 Å². The summed E-state index contributed by atoms with van der Waals surface area (Å²) in [5, 5.41) is 16.3. The second-order valence-corrected chi connectivity index (χ2v) is 5.74. The van der Waals surface area contributed by atoms with Gasteiger partial charge in [-0.05, 0) is 48.7 Å². The first-order chi connectivity index (χ1) is 8.31. The summed E-state index contributed by atoms with van der Waals surface area (Å²) in [6.07, 6.45) is 3.65. The third-order valence-electron chi connectivity index (χ3n) is 2.77. The molecule has 1 aromatic heterocycles. The summed E-state index contributed by atoms with van der Waals surface area (Å²) < 4.78 is 1.98. The molecule has 2 rings (SSSR count). The average molecular weight is 255 g/mol. The van der Waals surface area contributed by atoms with Crippen molar-refractivity contribution in [1.29, 1.82) is 0 Å². The van der Waals surface area contributed by atoms with Crippen LogP contribution >= 0.6 is 11.8 Å². The van der Waals surface area contributed by atoms with E-state index in [1.807, 2.05) is 4.68 Å². The van der Waals surface area contributed by atoms with E-state index < -0.39 is 0 Å². The van der Waals surface area contributed by atoms with Crippen molar-refractivity contribution >= 4 is 11.8 Å². The number of nitrogens with zero attached hydrogens (tertiary/aromatic N) is 4. The van der Waals surface area contributed by atoms with Crippen molar-refractivity contribution < 1.29 is 0 Å². The highest BCUT2D eigenvalue weighted by Crippen LogP contribution is 2.36. The Bertz CT molecular complexity index is 336. The molecule has 1 heterocycles. The molecule has 1 aromatic rings. The molecule has 17 heavy (non-hydrogen) atoms. The van der Waals surface area contributed by atoms with Gasteiger partial charge in [0.25, 0.3) is 0 Å². The molecule has 0 spiro atoms. The van der Waals surface area contributed by atoms with Gasteiger partial charge in [-0.1, -0.05) is 25.6 Å². The molecule has 6 heteroatoms. The van der Waals surface area contributed by atoms with E-state index >= 15 is 0 Å². The van der Waals surface area contributed by atoms with Crippen molar-refractivity contribution in [3.63, 3.8) is 0 Å². The van der Waals surface area contributed by atoms with Crippen LogP contribution in [0.2, 0.25) is 0 Å². The number of hydrogen-bond acceptors (Lipinski definition) is 5. The van der Waals surface area contributed by atoms with E-state index in [0.717, 1.165) is 24.0 Å². The molecule has 0 amide bonds. The van der Waals surface area contributed by atoms with Gasteiger partial charge in [-0.3, -0.25) is 0 Å². The third kappa shape index (κ3) is 3.96. The van der Waals surface area contributed by atoms with Crippen LogP contribution in [0.5, 0.6) is 0 Å². The van der Waals surface area contributed by atoms with Crippen LogP contribution in [0.3, 0.4) is 0 Å². The van der Waals surface area contributed by atoms with E-state index in [-0.39, 0.29) is 0 Å². The number of tetrazole rings is 1. The summed E-state index contributed by atoms with van der Waals surface area (Å²) in [7, 11) is 0. The van der Waals surface area contributed by atoms with Gasteiger partial charge in [0.2, 0.25) is 5.16 Å². The largest absolute Gasteiger partial charge is 0.316 e. The molecule has 0 radical (unpaired) electrons. The van der Waals surface area contributed by atoms with E-state index in [2.05, 4.69) is 34.7 Å². The zero-order chi connectivity index (χ0) is 12.1. The average Bonchev–Trinajstić information content (AvgIpc) is 3.06. The van der Waals surface area contributed by atoms with Gasteiger partial charge in [0.05, 0.1) is 6.04 Å². The Morgan fingerprint density at radius 3 is 3.06 bits per heavy atom. The Morgan fingerprint density at radius 2 is 2.35 bits per heavy atom. The predicted molar refractivity (Wildman–Crippen MR) is 69.1 cm³/mol. The smallest absolute Gasteiger partial charge is 0.209 e. The maximum Gasteiger partial charge on any atom is 0.209 e. The van der Waals surface area contributed by atoms with Gasteiger partial charge in [0, 0.05) is 5.75 Å². The lowest BCUT2D eigenvalue weighted by atomic mass is 10.2. The minimum Gasteiger partial charge on any atom is -0.316 e. The predicted octanol–water partition coefficient (Wildman–Crippen LogP) is 1.74. The van der Waals surface area contributed by atoms with E-state index in [1.54, 1.807) is 11.8 Å². The van der Waals surface area contributed by atoms with Gasteiger partial charge in [-0.15, -0.1) is 5.10 Å². The molecule has 1 aliphatic carbocycles. The number of aromatic nitrogens is 4.